The number of amides is 1. The van der Waals surface area contributed by atoms with E-state index < -0.39 is 0 Å². The van der Waals surface area contributed by atoms with Gasteiger partial charge in [-0.1, -0.05) is 12.8 Å². The van der Waals surface area contributed by atoms with Crippen LogP contribution in [-0.4, -0.2) is 52.7 Å². The highest BCUT2D eigenvalue weighted by molar-refractivity contribution is 5.77. The molecule has 2 saturated heterocycles. The van der Waals surface area contributed by atoms with E-state index in [1.165, 1.54) is 25.7 Å². The minimum absolute atomic E-state index is 0.0964. The predicted molar refractivity (Wildman–Crippen MR) is 96.7 cm³/mol. The van der Waals surface area contributed by atoms with Gasteiger partial charge < -0.3 is 14.4 Å². The zero-order valence-corrected chi connectivity index (χ0v) is 15.4. The number of carbonyl (C=O) groups is 1. The normalized spacial score (nSPS) is 25.2. The van der Waals surface area contributed by atoms with Crippen LogP contribution < -0.4 is 4.74 Å². The Bertz CT molecular complexity index is 598. The molecular formula is C20H29N3O3. The summed E-state index contributed by atoms with van der Waals surface area (Å²) in [5.41, 5.74) is -0.0964. The van der Waals surface area contributed by atoms with Gasteiger partial charge in [0.15, 0.2) is 0 Å². The van der Waals surface area contributed by atoms with Gasteiger partial charge in [0.2, 0.25) is 11.8 Å². The molecule has 0 aromatic carbocycles. The van der Waals surface area contributed by atoms with E-state index in [1.807, 2.05) is 4.90 Å². The number of rotatable bonds is 6. The van der Waals surface area contributed by atoms with Crippen molar-refractivity contribution in [2.75, 3.05) is 26.3 Å². The number of hydrogen-bond donors (Lipinski definition) is 0. The average molecular weight is 359 g/mol. The lowest BCUT2D eigenvalue weighted by Gasteiger charge is -2.53. The summed E-state index contributed by atoms with van der Waals surface area (Å²) in [5.74, 6) is 2.13. The lowest BCUT2D eigenvalue weighted by atomic mass is 9.79. The maximum absolute atomic E-state index is 12.5. The quantitative estimate of drug-likeness (QED) is 0.781. The third-order valence-electron chi connectivity index (χ3n) is 6.16. The summed E-state index contributed by atoms with van der Waals surface area (Å²) in [4.78, 5) is 22.6. The van der Waals surface area contributed by atoms with Gasteiger partial charge in [0.05, 0.1) is 25.9 Å². The zero-order valence-electron chi connectivity index (χ0n) is 15.4. The van der Waals surface area contributed by atoms with Gasteiger partial charge >= 0.3 is 0 Å². The van der Waals surface area contributed by atoms with Crippen LogP contribution in [0.15, 0.2) is 18.6 Å². The number of carbonyl (C=O) groups excluding carboxylic acids is 1. The van der Waals surface area contributed by atoms with Crippen molar-refractivity contribution in [3.05, 3.63) is 18.6 Å². The Morgan fingerprint density at radius 2 is 2.08 bits per heavy atom. The third kappa shape index (κ3) is 4.17. The first-order chi connectivity index (χ1) is 12.7. The van der Waals surface area contributed by atoms with Gasteiger partial charge in [-0.2, -0.15) is 0 Å². The zero-order chi connectivity index (χ0) is 17.8. The second kappa shape index (κ2) is 7.91. The fourth-order valence-electron chi connectivity index (χ4n) is 4.70. The molecule has 0 radical (unpaired) electrons. The van der Waals surface area contributed by atoms with Crippen LogP contribution in [0.4, 0.5) is 0 Å². The third-order valence-corrected chi connectivity index (χ3v) is 6.16. The average Bonchev–Trinajstić information content (AvgIpc) is 3.14. The molecule has 6 heteroatoms. The van der Waals surface area contributed by atoms with Gasteiger partial charge in [-0.25, -0.2) is 4.98 Å². The van der Waals surface area contributed by atoms with Gasteiger partial charge in [-0.05, 0) is 43.9 Å². The summed E-state index contributed by atoms with van der Waals surface area (Å²) in [6, 6.07) is 0. The van der Waals surface area contributed by atoms with E-state index >= 15 is 0 Å². The maximum atomic E-state index is 12.5. The van der Waals surface area contributed by atoms with E-state index in [0.717, 1.165) is 45.4 Å². The van der Waals surface area contributed by atoms with Crippen LogP contribution >= 0.6 is 0 Å². The number of likely N-dealkylation sites (tertiary alicyclic amines) is 1. The van der Waals surface area contributed by atoms with Crippen LogP contribution in [0, 0.1) is 11.8 Å². The number of hydrogen-bond acceptors (Lipinski definition) is 5. The van der Waals surface area contributed by atoms with Crippen molar-refractivity contribution in [3.8, 4) is 5.88 Å². The van der Waals surface area contributed by atoms with Gasteiger partial charge in [0.1, 0.15) is 5.60 Å². The number of nitrogens with zero attached hydrogens (tertiary/aromatic N) is 3. The first kappa shape index (κ1) is 17.7. The van der Waals surface area contributed by atoms with Crippen molar-refractivity contribution in [3.63, 3.8) is 0 Å². The lowest BCUT2D eigenvalue weighted by molar-refractivity contribution is -0.189. The molecule has 0 unspecified atom stereocenters. The summed E-state index contributed by atoms with van der Waals surface area (Å²) in [7, 11) is 0. The van der Waals surface area contributed by atoms with Crippen LogP contribution in [0.3, 0.4) is 0 Å². The summed E-state index contributed by atoms with van der Waals surface area (Å²) < 4.78 is 11.8. The molecule has 1 atom stereocenters. The fraction of sp³-hybridized carbons (Fsp3) is 0.750. The Morgan fingerprint density at radius 3 is 2.85 bits per heavy atom. The Kier molecular flexibility index (Phi) is 5.38. The highest BCUT2D eigenvalue weighted by atomic mass is 16.5. The van der Waals surface area contributed by atoms with Crippen molar-refractivity contribution >= 4 is 5.91 Å². The Balaban J connectivity index is 1.20. The fourth-order valence-corrected chi connectivity index (χ4v) is 4.70. The predicted octanol–water partition coefficient (Wildman–Crippen LogP) is 2.83. The van der Waals surface area contributed by atoms with E-state index in [1.54, 1.807) is 18.6 Å². The number of ether oxygens (including phenoxy) is 2. The molecule has 0 N–H and O–H groups in total. The highest BCUT2D eigenvalue weighted by Crippen LogP contribution is 2.39. The highest BCUT2D eigenvalue weighted by Gasteiger charge is 2.49. The van der Waals surface area contributed by atoms with E-state index in [4.69, 9.17) is 9.47 Å². The second-order valence-corrected chi connectivity index (χ2v) is 8.18. The molecule has 1 spiro atoms. The minimum Gasteiger partial charge on any atom is -0.477 e. The van der Waals surface area contributed by atoms with Crippen LogP contribution in [0.5, 0.6) is 5.88 Å². The second-order valence-electron chi connectivity index (χ2n) is 8.18. The van der Waals surface area contributed by atoms with Crippen LogP contribution in [0.25, 0.3) is 0 Å². The van der Waals surface area contributed by atoms with Crippen molar-refractivity contribution in [2.24, 2.45) is 11.8 Å². The summed E-state index contributed by atoms with van der Waals surface area (Å²) in [6.07, 6.45) is 13.8. The molecule has 6 nitrogen and oxygen atoms in total. The monoisotopic (exact) mass is 359 g/mol. The van der Waals surface area contributed by atoms with E-state index in [0.29, 0.717) is 30.2 Å². The lowest BCUT2D eigenvalue weighted by Crippen LogP contribution is -2.66. The van der Waals surface area contributed by atoms with E-state index in [9.17, 15) is 4.79 Å². The summed E-state index contributed by atoms with van der Waals surface area (Å²) in [6.45, 7) is 3.00. The molecule has 3 aliphatic rings. The van der Waals surface area contributed by atoms with Gasteiger partial charge in [0.25, 0.3) is 0 Å². The van der Waals surface area contributed by atoms with E-state index in [-0.39, 0.29) is 5.60 Å². The smallest absolute Gasteiger partial charge is 0.232 e. The van der Waals surface area contributed by atoms with Crippen LogP contribution in [0.2, 0.25) is 0 Å². The molecule has 26 heavy (non-hydrogen) atoms. The van der Waals surface area contributed by atoms with Gasteiger partial charge in [-0.3, -0.25) is 9.78 Å². The standard InChI is InChI=1S/C20H29N3O3/c24-19(11-16-3-1-2-4-16)23-14-20(15-23)12-17(6-10-26-20)5-9-25-18-13-21-7-8-22-18/h7-8,13,16-17H,1-6,9-12,14-15H2/t17-/m0/s1. The van der Waals surface area contributed by atoms with Crippen molar-refractivity contribution in [1.82, 2.24) is 14.9 Å². The van der Waals surface area contributed by atoms with E-state index in [2.05, 4.69) is 9.97 Å². The summed E-state index contributed by atoms with van der Waals surface area (Å²) >= 11 is 0. The molecular weight excluding hydrogens is 330 g/mol. The minimum atomic E-state index is -0.0964. The van der Waals surface area contributed by atoms with Crippen LogP contribution in [0.1, 0.15) is 51.4 Å². The number of aromatic nitrogens is 2. The van der Waals surface area contributed by atoms with Gasteiger partial charge in [0, 0.05) is 25.4 Å². The molecule has 3 heterocycles. The molecule has 3 fully saturated rings. The molecule has 1 aromatic heterocycles. The molecule has 1 amide bonds. The topological polar surface area (TPSA) is 64.6 Å². The Morgan fingerprint density at radius 1 is 1.23 bits per heavy atom. The summed E-state index contributed by atoms with van der Waals surface area (Å²) in [5, 5.41) is 0. The maximum Gasteiger partial charge on any atom is 0.232 e. The molecule has 1 aromatic rings. The van der Waals surface area contributed by atoms with Crippen molar-refractivity contribution in [2.45, 2.75) is 57.0 Å². The van der Waals surface area contributed by atoms with Crippen molar-refractivity contribution in [1.29, 1.82) is 0 Å². The SMILES string of the molecule is O=C(CC1CCCC1)N1CC2(C[C@@H](CCOc3cnccn3)CCO2)C1. The Hall–Kier alpha value is -1.69. The first-order valence-electron chi connectivity index (χ1n) is 10.0. The molecule has 142 valence electrons. The van der Waals surface area contributed by atoms with Gasteiger partial charge in [-0.15, -0.1) is 0 Å². The van der Waals surface area contributed by atoms with Crippen molar-refractivity contribution < 1.29 is 14.3 Å². The molecule has 2 aliphatic heterocycles. The molecule has 4 rings (SSSR count). The Labute approximate surface area is 155 Å². The first-order valence-corrected chi connectivity index (χ1v) is 10.0. The van der Waals surface area contributed by atoms with Crippen LogP contribution in [-0.2, 0) is 9.53 Å². The molecule has 1 saturated carbocycles. The molecule has 0 bridgehead atoms. The molecule has 1 aliphatic carbocycles. The largest absolute Gasteiger partial charge is 0.477 e.